The first-order chi connectivity index (χ1) is 17.6. The van der Waals surface area contributed by atoms with E-state index in [0.717, 1.165) is 39.6 Å². The summed E-state index contributed by atoms with van der Waals surface area (Å²) in [4.78, 5) is 26.8. The van der Waals surface area contributed by atoms with Crippen LogP contribution >= 0.6 is 15.9 Å². The van der Waals surface area contributed by atoms with Crippen molar-refractivity contribution in [3.63, 3.8) is 0 Å². The second kappa shape index (κ2) is 10.9. The van der Waals surface area contributed by atoms with Crippen molar-refractivity contribution in [3.05, 3.63) is 83.1 Å². The van der Waals surface area contributed by atoms with E-state index in [9.17, 15) is 4.79 Å². The van der Waals surface area contributed by atoms with Gasteiger partial charge in [-0.2, -0.15) is 0 Å². The predicted molar refractivity (Wildman–Crippen MR) is 144 cm³/mol. The molecule has 9 heteroatoms. The Morgan fingerprint density at radius 3 is 2.58 bits per heavy atom. The van der Waals surface area contributed by atoms with Gasteiger partial charge in [-0.3, -0.25) is 0 Å². The highest BCUT2D eigenvalue weighted by Gasteiger charge is 2.23. The highest BCUT2D eigenvalue weighted by Crippen LogP contribution is 2.34. The molecule has 0 radical (unpaired) electrons. The van der Waals surface area contributed by atoms with Gasteiger partial charge in [0.15, 0.2) is 0 Å². The summed E-state index contributed by atoms with van der Waals surface area (Å²) < 4.78 is 6.64. The van der Waals surface area contributed by atoms with E-state index in [1.54, 1.807) is 30.6 Å². The highest BCUT2D eigenvalue weighted by molar-refractivity contribution is 9.10. The molecular formula is C27H26BrN5O3. The summed E-state index contributed by atoms with van der Waals surface area (Å²) in [5.74, 6) is 1.10. The summed E-state index contributed by atoms with van der Waals surface area (Å²) in [7, 11) is 1.65. The average Bonchev–Trinajstić information content (AvgIpc) is 2.90. The van der Waals surface area contributed by atoms with Crippen molar-refractivity contribution < 1.29 is 14.4 Å². The SMILES string of the molecule is COc1cc2ncnc(Nc3cccc(Br)c3)c2cc1NC1CCN(OC(=O)c2ccccc2)CC1. The van der Waals surface area contributed by atoms with Gasteiger partial charge in [-0.25, -0.2) is 14.8 Å². The number of carbonyl (C=O) groups is 1. The fraction of sp³-hybridized carbons (Fsp3) is 0.222. The van der Waals surface area contributed by atoms with Crippen molar-refractivity contribution in [3.8, 4) is 5.75 Å². The topological polar surface area (TPSA) is 88.6 Å². The second-order valence-corrected chi connectivity index (χ2v) is 9.44. The van der Waals surface area contributed by atoms with E-state index < -0.39 is 0 Å². The standard InChI is InChI=1S/C27H26BrN5O3/c1-35-25-16-23-22(26(30-17-29-23)32-21-9-5-8-19(28)14-21)15-24(25)31-20-10-12-33(13-11-20)36-27(34)18-6-3-2-4-7-18/h2-9,14-17,20,31H,10-13H2,1H3,(H,29,30,32). The molecule has 1 aromatic heterocycles. The van der Waals surface area contributed by atoms with Crippen LogP contribution in [-0.2, 0) is 4.84 Å². The predicted octanol–water partition coefficient (Wildman–Crippen LogP) is 5.79. The van der Waals surface area contributed by atoms with E-state index in [1.807, 2.05) is 54.6 Å². The van der Waals surface area contributed by atoms with E-state index in [4.69, 9.17) is 9.57 Å². The van der Waals surface area contributed by atoms with Crippen LogP contribution < -0.4 is 15.4 Å². The quantitative estimate of drug-likeness (QED) is 0.300. The molecule has 1 aliphatic rings. The van der Waals surface area contributed by atoms with Crippen LogP contribution in [0.4, 0.5) is 17.2 Å². The monoisotopic (exact) mass is 547 g/mol. The third kappa shape index (κ3) is 5.58. The summed E-state index contributed by atoms with van der Waals surface area (Å²) in [6, 6.07) is 21.1. The lowest BCUT2D eigenvalue weighted by Crippen LogP contribution is -2.40. The number of hydroxylamine groups is 2. The zero-order valence-electron chi connectivity index (χ0n) is 19.8. The van der Waals surface area contributed by atoms with Gasteiger partial charge in [0.05, 0.1) is 23.9 Å². The third-order valence-corrected chi connectivity index (χ3v) is 6.57. The van der Waals surface area contributed by atoms with E-state index in [1.165, 1.54) is 0 Å². The van der Waals surface area contributed by atoms with Crippen molar-refractivity contribution >= 4 is 50.0 Å². The Hall–Kier alpha value is -3.69. The lowest BCUT2D eigenvalue weighted by molar-refractivity contribution is -0.120. The number of hydrogen-bond acceptors (Lipinski definition) is 8. The van der Waals surface area contributed by atoms with Crippen molar-refractivity contribution in [2.45, 2.75) is 18.9 Å². The van der Waals surface area contributed by atoms with Gasteiger partial charge < -0.3 is 20.2 Å². The number of ether oxygens (including phenoxy) is 1. The minimum atomic E-state index is -0.330. The Morgan fingerprint density at radius 2 is 1.83 bits per heavy atom. The molecule has 4 aromatic rings. The van der Waals surface area contributed by atoms with E-state index in [2.05, 4.69) is 36.5 Å². The summed E-state index contributed by atoms with van der Waals surface area (Å²) in [6.45, 7) is 1.29. The molecule has 3 aromatic carbocycles. The second-order valence-electron chi connectivity index (χ2n) is 8.52. The van der Waals surface area contributed by atoms with Crippen LogP contribution in [0.25, 0.3) is 10.9 Å². The summed E-state index contributed by atoms with van der Waals surface area (Å²) in [5.41, 5.74) is 3.13. The normalized spacial score (nSPS) is 14.4. The maximum absolute atomic E-state index is 12.4. The van der Waals surface area contributed by atoms with Gasteiger partial charge in [-0.1, -0.05) is 40.2 Å². The molecule has 0 aliphatic carbocycles. The molecule has 184 valence electrons. The number of anilines is 3. The number of halogens is 1. The number of nitrogens with zero attached hydrogens (tertiary/aromatic N) is 3. The van der Waals surface area contributed by atoms with Gasteiger partial charge in [0.1, 0.15) is 17.9 Å². The average molecular weight is 548 g/mol. The van der Waals surface area contributed by atoms with E-state index in [-0.39, 0.29) is 12.0 Å². The van der Waals surface area contributed by atoms with Crippen LogP contribution in [0.5, 0.6) is 5.75 Å². The molecule has 1 fully saturated rings. The van der Waals surface area contributed by atoms with Crippen LogP contribution in [-0.4, -0.2) is 47.2 Å². The molecule has 0 bridgehead atoms. The Morgan fingerprint density at radius 1 is 1.03 bits per heavy atom. The fourth-order valence-corrected chi connectivity index (χ4v) is 4.62. The molecule has 0 atom stereocenters. The number of fused-ring (bicyclic) bond motifs is 1. The van der Waals surface area contributed by atoms with Gasteiger partial charge >= 0.3 is 5.97 Å². The van der Waals surface area contributed by atoms with Gasteiger partial charge in [0, 0.05) is 40.7 Å². The van der Waals surface area contributed by atoms with Gasteiger partial charge in [-0.05, 0) is 49.2 Å². The summed E-state index contributed by atoms with van der Waals surface area (Å²) in [6.07, 6.45) is 3.18. The Balaban J connectivity index is 1.29. The number of carbonyl (C=O) groups excluding carboxylic acids is 1. The molecule has 0 unspecified atom stereocenters. The zero-order valence-corrected chi connectivity index (χ0v) is 21.4. The molecule has 8 nitrogen and oxygen atoms in total. The molecule has 1 aliphatic heterocycles. The highest BCUT2D eigenvalue weighted by atomic mass is 79.9. The molecular weight excluding hydrogens is 522 g/mol. The number of hydrogen-bond donors (Lipinski definition) is 2. The third-order valence-electron chi connectivity index (χ3n) is 6.08. The van der Waals surface area contributed by atoms with Crippen molar-refractivity contribution in [1.29, 1.82) is 0 Å². The first-order valence-electron chi connectivity index (χ1n) is 11.7. The molecule has 5 rings (SSSR count). The van der Waals surface area contributed by atoms with Crippen molar-refractivity contribution in [1.82, 2.24) is 15.0 Å². The fourth-order valence-electron chi connectivity index (χ4n) is 4.22. The first kappa shape index (κ1) is 24.0. The van der Waals surface area contributed by atoms with Crippen molar-refractivity contribution in [2.24, 2.45) is 0 Å². The summed E-state index contributed by atoms with van der Waals surface area (Å²) in [5, 5.41) is 9.62. The minimum Gasteiger partial charge on any atom is -0.495 e. The number of piperidine rings is 1. The van der Waals surface area contributed by atoms with E-state index >= 15 is 0 Å². The van der Waals surface area contributed by atoms with Crippen LogP contribution in [0.2, 0.25) is 0 Å². The maximum Gasteiger partial charge on any atom is 0.357 e. The molecule has 36 heavy (non-hydrogen) atoms. The van der Waals surface area contributed by atoms with Crippen LogP contribution in [0, 0.1) is 0 Å². The number of rotatable bonds is 7. The van der Waals surface area contributed by atoms with Crippen LogP contribution in [0.15, 0.2) is 77.5 Å². The molecule has 1 saturated heterocycles. The number of benzene rings is 3. The van der Waals surface area contributed by atoms with E-state index in [0.29, 0.717) is 30.2 Å². The Bertz CT molecular complexity index is 1360. The smallest absolute Gasteiger partial charge is 0.357 e. The Kier molecular flexibility index (Phi) is 7.29. The molecule has 2 heterocycles. The lowest BCUT2D eigenvalue weighted by Gasteiger charge is -2.31. The Labute approximate surface area is 217 Å². The first-order valence-corrected chi connectivity index (χ1v) is 12.5. The van der Waals surface area contributed by atoms with Crippen molar-refractivity contribution in [2.75, 3.05) is 30.8 Å². The molecule has 0 saturated carbocycles. The summed E-state index contributed by atoms with van der Waals surface area (Å²) >= 11 is 3.51. The lowest BCUT2D eigenvalue weighted by atomic mass is 10.1. The maximum atomic E-state index is 12.4. The number of nitrogens with one attached hydrogen (secondary N) is 2. The van der Waals surface area contributed by atoms with Gasteiger partial charge in [0.25, 0.3) is 0 Å². The largest absolute Gasteiger partial charge is 0.495 e. The molecule has 0 amide bonds. The minimum absolute atomic E-state index is 0.203. The van der Waals surface area contributed by atoms with Crippen LogP contribution in [0.1, 0.15) is 23.2 Å². The molecule has 0 spiro atoms. The number of methoxy groups -OCH3 is 1. The number of aromatic nitrogens is 2. The van der Waals surface area contributed by atoms with Gasteiger partial charge in [0.2, 0.25) is 0 Å². The van der Waals surface area contributed by atoms with Gasteiger partial charge in [-0.15, -0.1) is 5.06 Å². The molecule has 2 N–H and O–H groups in total. The van der Waals surface area contributed by atoms with Crippen LogP contribution in [0.3, 0.4) is 0 Å². The zero-order chi connectivity index (χ0) is 24.9.